The molecule has 1 fully saturated rings. The predicted molar refractivity (Wildman–Crippen MR) is 360 cm³/mol. The molecule has 0 aromatic rings. The lowest BCUT2D eigenvalue weighted by atomic mass is 9.99. The van der Waals surface area contributed by atoms with Crippen LogP contribution in [0.3, 0.4) is 0 Å². The number of carbonyl (C=O) groups is 1. The van der Waals surface area contributed by atoms with E-state index in [4.69, 9.17) is 9.47 Å². The average molecular weight is 1190 g/mol. The van der Waals surface area contributed by atoms with E-state index in [1.54, 1.807) is 6.08 Å². The van der Waals surface area contributed by atoms with Gasteiger partial charge in [-0.25, -0.2) is 0 Å². The first-order chi connectivity index (χ1) is 41.3. The third kappa shape index (κ3) is 52.4. The first kappa shape index (κ1) is 80.4. The van der Waals surface area contributed by atoms with Crippen molar-refractivity contribution in [3.63, 3.8) is 0 Å². The minimum atomic E-state index is -1.58. The van der Waals surface area contributed by atoms with Crippen molar-refractivity contribution in [2.45, 2.75) is 423 Å². The largest absolute Gasteiger partial charge is 0.394 e. The molecule has 0 saturated carbocycles. The lowest BCUT2D eigenvalue weighted by Gasteiger charge is -2.40. The zero-order valence-corrected chi connectivity index (χ0v) is 55.7. The monoisotopic (exact) mass is 1190 g/mol. The van der Waals surface area contributed by atoms with E-state index in [9.17, 15) is 30.3 Å². The lowest BCUT2D eigenvalue weighted by Crippen LogP contribution is -2.60. The molecule has 0 aliphatic carbocycles. The van der Waals surface area contributed by atoms with Gasteiger partial charge >= 0.3 is 0 Å². The van der Waals surface area contributed by atoms with Crippen LogP contribution in [-0.2, 0) is 14.3 Å². The van der Waals surface area contributed by atoms with Gasteiger partial charge in [0.05, 0.1) is 25.4 Å². The average Bonchev–Trinajstić information content (AvgIpc) is 3.69. The summed E-state index contributed by atoms with van der Waals surface area (Å²) in [6.45, 7) is 3.82. The molecule has 1 aliphatic rings. The van der Waals surface area contributed by atoms with Crippen molar-refractivity contribution in [3.05, 3.63) is 36.5 Å². The predicted octanol–water partition coefficient (Wildman–Crippen LogP) is 20.6. The number of unbranched alkanes of at least 4 members (excludes halogenated alkanes) is 52. The Labute approximate surface area is 521 Å². The number of amides is 1. The second-order valence-corrected chi connectivity index (χ2v) is 26.1. The maximum absolute atomic E-state index is 13.1. The summed E-state index contributed by atoms with van der Waals surface area (Å²) in [4.78, 5) is 13.1. The maximum Gasteiger partial charge on any atom is 0.220 e. The number of hydrogen-bond acceptors (Lipinski definition) is 8. The van der Waals surface area contributed by atoms with Crippen molar-refractivity contribution < 1.29 is 39.8 Å². The number of hydrogen-bond donors (Lipinski definition) is 6. The zero-order valence-electron chi connectivity index (χ0n) is 55.7. The summed E-state index contributed by atoms with van der Waals surface area (Å²) >= 11 is 0. The molecule has 1 rings (SSSR count). The first-order valence-corrected chi connectivity index (χ1v) is 37.2. The molecule has 0 bridgehead atoms. The number of aliphatic hydroxyl groups is 5. The number of aliphatic hydroxyl groups excluding tert-OH is 5. The summed E-state index contributed by atoms with van der Waals surface area (Å²) in [7, 11) is 0. The molecule has 1 saturated heterocycles. The fourth-order valence-electron chi connectivity index (χ4n) is 12.1. The number of ether oxygens (including phenoxy) is 2. The van der Waals surface area contributed by atoms with E-state index in [2.05, 4.69) is 43.5 Å². The summed E-state index contributed by atoms with van der Waals surface area (Å²) in [5.74, 6) is -0.182. The molecule has 9 nitrogen and oxygen atoms in total. The van der Waals surface area contributed by atoms with Crippen LogP contribution in [-0.4, -0.2) is 87.5 Å². The van der Waals surface area contributed by atoms with Gasteiger partial charge in [0, 0.05) is 6.42 Å². The van der Waals surface area contributed by atoms with Crippen LogP contribution >= 0.6 is 0 Å². The van der Waals surface area contributed by atoms with E-state index in [1.165, 1.54) is 315 Å². The smallest absolute Gasteiger partial charge is 0.220 e. The molecule has 7 unspecified atom stereocenters. The van der Waals surface area contributed by atoms with Gasteiger partial charge in [-0.1, -0.05) is 365 Å². The van der Waals surface area contributed by atoms with Crippen LogP contribution < -0.4 is 5.32 Å². The topological polar surface area (TPSA) is 149 Å². The van der Waals surface area contributed by atoms with Crippen molar-refractivity contribution in [1.82, 2.24) is 5.32 Å². The normalized spacial score (nSPS) is 18.3. The van der Waals surface area contributed by atoms with Crippen LogP contribution in [0.1, 0.15) is 380 Å². The van der Waals surface area contributed by atoms with Crippen molar-refractivity contribution in [3.8, 4) is 0 Å². The Balaban J connectivity index is 2.12. The third-order valence-electron chi connectivity index (χ3n) is 17.9. The Kier molecular flexibility index (Phi) is 61.7. The molecule has 9 heteroatoms. The summed E-state index contributed by atoms with van der Waals surface area (Å²) in [6, 6.07) is -0.828. The molecule has 0 aromatic heterocycles. The number of allylic oxidation sites excluding steroid dienone is 5. The summed E-state index contributed by atoms with van der Waals surface area (Å²) in [6.07, 6.45) is 80.0. The van der Waals surface area contributed by atoms with E-state index in [1.807, 2.05) is 6.08 Å². The Bertz CT molecular complexity index is 1420. The molecular formula is C75H143NO8. The molecule has 6 N–H and O–H groups in total. The quantitative estimate of drug-likeness (QED) is 0.0261. The van der Waals surface area contributed by atoms with Gasteiger partial charge in [0.15, 0.2) is 6.29 Å². The zero-order chi connectivity index (χ0) is 60.7. The molecule has 0 radical (unpaired) electrons. The number of rotatable bonds is 66. The van der Waals surface area contributed by atoms with Crippen LogP contribution in [0, 0.1) is 0 Å². The van der Waals surface area contributed by atoms with Gasteiger partial charge in [-0.05, 0) is 44.9 Å². The van der Waals surface area contributed by atoms with Gasteiger partial charge in [-0.3, -0.25) is 4.79 Å². The van der Waals surface area contributed by atoms with Gasteiger partial charge in [0.25, 0.3) is 0 Å². The fourth-order valence-corrected chi connectivity index (χ4v) is 12.1. The highest BCUT2D eigenvalue weighted by Gasteiger charge is 2.44. The van der Waals surface area contributed by atoms with Crippen molar-refractivity contribution >= 4 is 5.91 Å². The van der Waals surface area contributed by atoms with Gasteiger partial charge in [-0.2, -0.15) is 0 Å². The van der Waals surface area contributed by atoms with Crippen molar-refractivity contribution in [1.29, 1.82) is 0 Å². The third-order valence-corrected chi connectivity index (χ3v) is 17.9. The second kappa shape index (κ2) is 64.4. The number of carbonyl (C=O) groups excluding carboxylic acids is 1. The van der Waals surface area contributed by atoms with E-state index in [0.29, 0.717) is 6.42 Å². The maximum atomic E-state index is 13.1. The Morgan fingerprint density at radius 3 is 1.00 bits per heavy atom. The highest BCUT2D eigenvalue weighted by molar-refractivity contribution is 5.76. The molecule has 1 amide bonds. The van der Waals surface area contributed by atoms with E-state index in [0.717, 1.165) is 44.9 Å². The molecular weight excluding hydrogens is 1040 g/mol. The molecule has 0 spiro atoms. The number of nitrogens with one attached hydrogen (secondary N) is 1. The van der Waals surface area contributed by atoms with Crippen molar-refractivity contribution in [2.24, 2.45) is 0 Å². The van der Waals surface area contributed by atoms with Gasteiger partial charge in [0.2, 0.25) is 5.91 Å². The minimum Gasteiger partial charge on any atom is -0.394 e. The molecule has 1 heterocycles. The minimum absolute atomic E-state index is 0.182. The Hall–Kier alpha value is -1.59. The SMILES string of the molecule is CCCCCCCCCCCCCCCCCCCC/C=C/CC/C=C/CC/C=C/C(O)C(COC1OC(CO)C(O)C(O)C1O)NC(=O)CCCCCCCCCCCCCCCCCCCCCCCCCCCCCCCCCCC. The lowest BCUT2D eigenvalue weighted by molar-refractivity contribution is -0.302. The Morgan fingerprint density at radius 1 is 0.393 bits per heavy atom. The second-order valence-electron chi connectivity index (χ2n) is 26.1. The molecule has 1 aliphatic heterocycles. The van der Waals surface area contributed by atoms with E-state index in [-0.39, 0.29) is 12.5 Å². The first-order valence-electron chi connectivity index (χ1n) is 37.2. The van der Waals surface area contributed by atoms with E-state index < -0.39 is 49.5 Å². The van der Waals surface area contributed by atoms with Crippen LogP contribution in [0.15, 0.2) is 36.5 Å². The molecule has 7 atom stereocenters. The van der Waals surface area contributed by atoms with Crippen LogP contribution in [0.25, 0.3) is 0 Å². The standard InChI is InChI=1S/C75H143NO8/c1-3-5-7-9-11-13-15-17-19-21-23-25-27-29-31-33-34-35-36-37-39-41-43-45-47-49-51-53-55-57-59-61-63-65-71(79)76-68(67-83-75-74(82)73(81)72(80)70(66-77)84-75)69(78)64-62-60-58-56-54-52-50-48-46-44-42-40-38-32-30-28-26-24-22-20-18-16-14-12-10-8-6-4-2/h46,48,54,56,62,64,68-70,72-75,77-78,80-82H,3-45,47,49-53,55,57-61,63,65-67H2,1-2H3,(H,76,79)/b48-46+,56-54+,64-62+. The van der Waals surface area contributed by atoms with Crippen LogP contribution in [0.4, 0.5) is 0 Å². The summed E-state index contributed by atoms with van der Waals surface area (Å²) in [5, 5.41) is 54.8. The van der Waals surface area contributed by atoms with E-state index >= 15 is 0 Å². The fraction of sp³-hybridized carbons (Fsp3) is 0.907. The Morgan fingerprint density at radius 2 is 0.679 bits per heavy atom. The van der Waals surface area contributed by atoms with Crippen molar-refractivity contribution in [2.75, 3.05) is 13.2 Å². The molecule has 0 aromatic carbocycles. The van der Waals surface area contributed by atoms with Gasteiger partial charge in [-0.15, -0.1) is 0 Å². The van der Waals surface area contributed by atoms with Crippen LogP contribution in [0.5, 0.6) is 0 Å². The summed E-state index contributed by atoms with van der Waals surface area (Å²) < 4.78 is 11.3. The molecule has 496 valence electrons. The molecule has 84 heavy (non-hydrogen) atoms. The summed E-state index contributed by atoms with van der Waals surface area (Å²) in [5.41, 5.74) is 0. The highest BCUT2D eigenvalue weighted by Crippen LogP contribution is 2.24. The van der Waals surface area contributed by atoms with Gasteiger partial charge < -0.3 is 40.3 Å². The van der Waals surface area contributed by atoms with Crippen LogP contribution in [0.2, 0.25) is 0 Å². The van der Waals surface area contributed by atoms with Gasteiger partial charge in [0.1, 0.15) is 24.4 Å². The highest BCUT2D eigenvalue weighted by atomic mass is 16.7.